The Morgan fingerprint density at radius 1 is 1.64 bits per heavy atom. The van der Waals surface area contributed by atoms with E-state index in [0.29, 0.717) is 5.92 Å². The van der Waals surface area contributed by atoms with Crippen LogP contribution >= 0.6 is 0 Å². The van der Waals surface area contributed by atoms with E-state index in [4.69, 9.17) is 10.5 Å². The second kappa shape index (κ2) is 5.12. The highest BCUT2D eigenvalue weighted by Crippen LogP contribution is 2.16. The van der Waals surface area contributed by atoms with Gasteiger partial charge in [-0.3, -0.25) is 4.68 Å². The molecule has 0 bridgehead atoms. The molecule has 1 heterocycles. The van der Waals surface area contributed by atoms with E-state index in [1.807, 2.05) is 19.3 Å². The fourth-order valence-electron chi connectivity index (χ4n) is 1.54. The summed E-state index contributed by atoms with van der Waals surface area (Å²) in [5.74, 6) is 0.469. The third kappa shape index (κ3) is 3.12. The van der Waals surface area contributed by atoms with Crippen molar-refractivity contribution in [1.29, 1.82) is 0 Å². The molecular weight excluding hydrogens is 178 g/mol. The van der Waals surface area contributed by atoms with Crippen LogP contribution in [0.25, 0.3) is 0 Å². The molecule has 0 saturated carbocycles. The minimum Gasteiger partial charge on any atom is -0.384 e. The van der Waals surface area contributed by atoms with Crippen LogP contribution in [0.5, 0.6) is 0 Å². The van der Waals surface area contributed by atoms with Crippen molar-refractivity contribution in [3.63, 3.8) is 0 Å². The van der Waals surface area contributed by atoms with Crippen LogP contribution in [0.2, 0.25) is 0 Å². The van der Waals surface area contributed by atoms with Gasteiger partial charge in [-0.2, -0.15) is 5.10 Å². The quantitative estimate of drug-likeness (QED) is 0.768. The van der Waals surface area contributed by atoms with Crippen molar-refractivity contribution in [2.75, 3.05) is 13.7 Å². The zero-order valence-electron chi connectivity index (χ0n) is 9.10. The smallest absolute Gasteiger partial charge is 0.0791 e. The van der Waals surface area contributed by atoms with E-state index in [-0.39, 0.29) is 6.04 Å². The fourth-order valence-corrected chi connectivity index (χ4v) is 1.54. The second-order valence-electron chi connectivity index (χ2n) is 3.82. The van der Waals surface area contributed by atoms with Gasteiger partial charge in [0.15, 0.2) is 0 Å². The van der Waals surface area contributed by atoms with Crippen LogP contribution in [0.3, 0.4) is 0 Å². The summed E-state index contributed by atoms with van der Waals surface area (Å²) in [5.41, 5.74) is 6.96. The summed E-state index contributed by atoms with van der Waals surface area (Å²) in [5, 5.41) is 4.27. The highest BCUT2D eigenvalue weighted by molar-refractivity contribution is 5.04. The number of hydrogen-bond acceptors (Lipinski definition) is 3. The molecule has 0 spiro atoms. The van der Waals surface area contributed by atoms with Gasteiger partial charge in [0, 0.05) is 33.0 Å². The van der Waals surface area contributed by atoms with Gasteiger partial charge in [0.1, 0.15) is 0 Å². The Balaban J connectivity index is 2.45. The molecule has 0 aliphatic rings. The molecule has 4 heteroatoms. The van der Waals surface area contributed by atoms with Crippen molar-refractivity contribution >= 4 is 0 Å². The molecule has 0 amide bonds. The van der Waals surface area contributed by atoms with Gasteiger partial charge in [-0.25, -0.2) is 0 Å². The summed E-state index contributed by atoms with van der Waals surface area (Å²) in [6.45, 7) is 2.88. The first-order valence-corrected chi connectivity index (χ1v) is 4.87. The fraction of sp³-hybridized carbons (Fsp3) is 0.700. The topological polar surface area (TPSA) is 53.1 Å². The Morgan fingerprint density at radius 3 is 2.86 bits per heavy atom. The Bertz CT molecular complexity index is 272. The highest BCUT2D eigenvalue weighted by atomic mass is 16.5. The molecule has 14 heavy (non-hydrogen) atoms. The number of aromatic nitrogens is 2. The Kier molecular flexibility index (Phi) is 4.10. The third-order valence-electron chi connectivity index (χ3n) is 2.22. The number of methoxy groups -OCH3 is 1. The molecule has 1 aromatic heterocycles. The lowest BCUT2D eigenvalue weighted by atomic mass is 10.0. The standard InChI is InChI=1S/C10H19N3O/c1-8(7-14-3)6-9(11)10-4-5-13(2)12-10/h4-5,8-9H,6-7,11H2,1-3H3. The van der Waals surface area contributed by atoms with E-state index in [9.17, 15) is 0 Å². The lowest BCUT2D eigenvalue weighted by Crippen LogP contribution is -2.17. The van der Waals surface area contributed by atoms with Crippen LogP contribution in [0, 0.1) is 5.92 Å². The van der Waals surface area contributed by atoms with Crippen LogP contribution < -0.4 is 5.73 Å². The largest absolute Gasteiger partial charge is 0.384 e. The predicted octanol–water partition coefficient (Wildman–Crippen LogP) is 1.09. The predicted molar refractivity (Wildman–Crippen MR) is 55.8 cm³/mol. The molecule has 0 saturated heterocycles. The molecule has 0 fully saturated rings. The molecule has 2 unspecified atom stereocenters. The van der Waals surface area contributed by atoms with E-state index in [1.54, 1.807) is 11.8 Å². The third-order valence-corrected chi connectivity index (χ3v) is 2.22. The number of rotatable bonds is 5. The lowest BCUT2D eigenvalue weighted by Gasteiger charge is -2.14. The van der Waals surface area contributed by atoms with Crippen LogP contribution in [0.4, 0.5) is 0 Å². The summed E-state index contributed by atoms with van der Waals surface area (Å²) in [6.07, 6.45) is 2.82. The van der Waals surface area contributed by atoms with E-state index in [2.05, 4.69) is 12.0 Å². The van der Waals surface area contributed by atoms with Crippen molar-refractivity contribution in [3.8, 4) is 0 Å². The number of aryl methyl sites for hydroxylation is 1. The van der Waals surface area contributed by atoms with Gasteiger partial charge in [0.2, 0.25) is 0 Å². The zero-order valence-corrected chi connectivity index (χ0v) is 9.10. The van der Waals surface area contributed by atoms with Gasteiger partial charge >= 0.3 is 0 Å². The maximum atomic E-state index is 6.01. The number of hydrogen-bond donors (Lipinski definition) is 1. The minimum absolute atomic E-state index is 0.0151. The average molecular weight is 197 g/mol. The maximum Gasteiger partial charge on any atom is 0.0791 e. The van der Waals surface area contributed by atoms with Crippen LogP contribution in [-0.4, -0.2) is 23.5 Å². The Labute approximate surface area is 85.0 Å². The molecule has 0 aliphatic carbocycles. The number of nitrogens with two attached hydrogens (primary N) is 1. The van der Waals surface area contributed by atoms with Crippen molar-refractivity contribution < 1.29 is 4.74 Å². The van der Waals surface area contributed by atoms with Gasteiger partial charge in [-0.15, -0.1) is 0 Å². The average Bonchev–Trinajstić information content (AvgIpc) is 2.52. The normalized spacial score (nSPS) is 15.4. The zero-order chi connectivity index (χ0) is 10.6. The van der Waals surface area contributed by atoms with E-state index in [1.165, 1.54) is 0 Å². The van der Waals surface area contributed by atoms with Crippen LogP contribution in [0.15, 0.2) is 12.3 Å². The lowest BCUT2D eigenvalue weighted by molar-refractivity contribution is 0.152. The molecule has 0 aliphatic heterocycles. The highest BCUT2D eigenvalue weighted by Gasteiger charge is 2.12. The number of nitrogens with zero attached hydrogens (tertiary/aromatic N) is 2. The summed E-state index contributed by atoms with van der Waals surface area (Å²) in [4.78, 5) is 0. The molecule has 1 rings (SSSR count). The SMILES string of the molecule is COCC(C)CC(N)c1ccn(C)n1. The molecule has 1 aromatic rings. The maximum absolute atomic E-state index is 6.01. The molecule has 2 N–H and O–H groups in total. The van der Waals surface area contributed by atoms with Gasteiger partial charge in [0.05, 0.1) is 5.69 Å². The summed E-state index contributed by atoms with van der Waals surface area (Å²) in [7, 11) is 3.61. The Hall–Kier alpha value is -0.870. The molecule has 0 aromatic carbocycles. The summed E-state index contributed by atoms with van der Waals surface area (Å²) in [6, 6.07) is 1.98. The van der Waals surface area contributed by atoms with Gasteiger partial charge < -0.3 is 10.5 Å². The molecule has 80 valence electrons. The first-order valence-electron chi connectivity index (χ1n) is 4.87. The van der Waals surface area contributed by atoms with Crippen molar-refractivity contribution in [2.24, 2.45) is 18.7 Å². The second-order valence-corrected chi connectivity index (χ2v) is 3.82. The summed E-state index contributed by atoms with van der Waals surface area (Å²) >= 11 is 0. The van der Waals surface area contributed by atoms with Crippen molar-refractivity contribution in [2.45, 2.75) is 19.4 Å². The van der Waals surface area contributed by atoms with Gasteiger partial charge in [-0.05, 0) is 18.4 Å². The van der Waals surface area contributed by atoms with E-state index < -0.39 is 0 Å². The molecular formula is C10H19N3O. The minimum atomic E-state index is 0.0151. The van der Waals surface area contributed by atoms with Gasteiger partial charge in [0.25, 0.3) is 0 Å². The molecule has 4 nitrogen and oxygen atoms in total. The number of ether oxygens (including phenoxy) is 1. The monoisotopic (exact) mass is 197 g/mol. The molecule has 0 radical (unpaired) electrons. The molecule has 2 atom stereocenters. The van der Waals surface area contributed by atoms with Crippen LogP contribution in [-0.2, 0) is 11.8 Å². The van der Waals surface area contributed by atoms with Crippen molar-refractivity contribution in [1.82, 2.24) is 9.78 Å². The van der Waals surface area contributed by atoms with Crippen LogP contribution in [0.1, 0.15) is 25.1 Å². The summed E-state index contributed by atoms with van der Waals surface area (Å²) < 4.78 is 6.84. The van der Waals surface area contributed by atoms with Gasteiger partial charge in [-0.1, -0.05) is 6.92 Å². The Morgan fingerprint density at radius 2 is 2.36 bits per heavy atom. The van der Waals surface area contributed by atoms with E-state index in [0.717, 1.165) is 18.7 Å². The first kappa shape index (κ1) is 11.2. The van der Waals surface area contributed by atoms with E-state index >= 15 is 0 Å². The van der Waals surface area contributed by atoms with Crippen molar-refractivity contribution in [3.05, 3.63) is 18.0 Å². The first-order chi connectivity index (χ1) is 6.63.